The number of benzene rings is 1. The number of sulfonamides is 1. The third kappa shape index (κ3) is 3.83. The normalized spacial score (nSPS) is 21.5. The average molecular weight is 376 g/mol. The summed E-state index contributed by atoms with van der Waals surface area (Å²) >= 11 is 0. The molecule has 1 saturated heterocycles. The summed E-state index contributed by atoms with van der Waals surface area (Å²) in [6.45, 7) is 6.96. The van der Waals surface area contributed by atoms with E-state index in [1.807, 2.05) is 0 Å². The molecule has 1 aliphatic rings. The minimum atomic E-state index is -3.52. The molecule has 1 amide bonds. The smallest absolute Gasteiger partial charge is 0.259 e. The molecule has 0 radical (unpaired) electrons. The molecule has 1 aromatic carbocycles. The first kappa shape index (κ1) is 18.7. The molecule has 0 unspecified atom stereocenters. The zero-order chi connectivity index (χ0) is 18.9. The number of furan rings is 1. The van der Waals surface area contributed by atoms with Crippen molar-refractivity contribution >= 4 is 21.6 Å². The van der Waals surface area contributed by atoms with Crippen LogP contribution in [0.1, 0.15) is 36.4 Å². The largest absolute Gasteiger partial charge is 0.469 e. The van der Waals surface area contributed by atoms with Gasteiger partial charge in [0.05, 0.1) is 16.7 Å². The molecule has 0 saturated carbocycles. The van der Waals surface area contributed by atoms with Crippen molar-refractivity contribution in [3.05, 3.63) is 47.9 Å². The number of hydrogen-bond donors (Lipinski definition) is 1. The highest BCUT2D eigenvalue weighted by atomic mass is 32.2. The van der Waals surface area contributed by atoms with Gasteiger partial charge in [-0.1, -0.05) is 13.8 Å². The molecule has 1 aromatic heterocycles. The van der Waals surface area contributed by atoms with E-state index in [1.54, 1.807) is 29.4 Å². The number of nitrogens with one attached hydrogen (secondary N) is 1. The van der Waals surface area contributed by atoms with Gasteiger partial charge in [-0.15, -0.1) is 0 Å². The highest BCUT2D eigenvalue weighted by Crippen LogP contribution is 2.27. The van der Waals surface area contributed by atoms with Gasteiger partial charge in [0.15, 0.2) is 0 Å². The van der Waals surface area contributed by atoms with Gasteiger partial charge in [-0.3, -0.25) is 4.79 Å². The number of hydrogen-bond acceptors (Lipinski definition) is 4. The van der Waals surface area contributed by atoms with Crippen LogP contribution in [0.5, 0.6) is 0 Å². The van der Waals surface area contributed by atoms with Crippen LogP contribution in [0.15, 0.2) is 45.9 Å². The van der Waals surface area contributed by atoms with Crippen molar-refractivity contribution in [2.24, 2.45) is 11.8 Å². The van der Waals surface area contributed by atoms with Crippen LogP contribution in [-0.2, 0) is 10.0 Å². The highest BCUT2D eigenvalue weighted by molar-refractivity contribution is 7.89. The number of amides is 1. The fourth-order valence-electron chi connectivity index (χ4n) is 3.48. The Labute approximate surface area is 154 Å². The molecule has 0 bridgehead atoms. The Morgan fingerprint density at radius 1 is 1.12 bits per heavy atom. The summed E-state index contributed by atoms with van der Waals surface area (Å²) < 4.78 is 32.4. The zero-order valence-electron chi connectivity index (χ0n) is 15.2. The van der Waals surface area contributed by atoms with Gasteiger partial charge < -0.3 is 9.73 Å². The van der Waals surface area contributed by atoms with Gasteiger partial charge in [0.2, 0.25) is 10.0 Å². The van der Waals surface area contributed by atoms with Crippen molar-refractivity contribution in [1.29, 1.82) is 0 Å². The number of nitrogens with zero attached hydrogens (tertiary/aromatic N) is 1. The van der Waals surface area contributed by atoms with E-state index in [0.717, 1.165) is 6.42 Å². The molecule has 1 fully saturated rings. The van der Waals surface area contributed by atoms with Crippen LogP contribution in [0.25, 0.3) is 0 Å². The first-order chi connectivity index (χ1) is 12.3. The van der Waals surface area contributed by atoms with Crippen LogP contribution in [0.4, 0.5) is 5.69 Å². The molecular formula is C19H24N2O4S. The Morgan fingerprint density at radius 2 is 1.73 bits per heavy atom. The minimum Gasteiger partial charge on any atom is -0.469 e. The molecule has 140 valence electrons. The summed E-state index contributed by atoms with van der Waals surface area (Å²) in [5, 5.41) is 2.75. The van der Waals surface area contributed by atoms with E-state index in [2.05, 4.69) is 19.2 Å². The Hall–Kier alpha value is -2.12. The van der Waals surface area contributed by atoms with Crippen LogP contribution in [0.3, 0.4) is 0 Å². The van der Waals surface area contributed by atoms with E-state index in [0.29, 0.717) is 41.9 Å². The molecule has 2 heterocycles. The van der Waals surface area contributed by atoms with E-state index in [-0.39, 0.29) is 10.8 Å². The van der Waals surface area contributed by atoms with Gasteiger partial charge in [-0.25, -0.2) is 8.42 Å². The zero-order valence-corrected chi connectivity index (χ0v) is 16.0. The number of anilines is 1. The van der Waals surface area contributed by atoms with Crippen LogP contribution >= 0.6 is 0 Å². The first-order valence-electron chi connectivity index (χ1n) is 8.73. The van der Waals surface area contributed by atoms with E-state index < -0.39 is 10.0 Å². The number of piperidine rings is 1. The maximum Gasteiger partial charge on any atom is 0.259 e. The van der Waals surface area contributed by atoms with E-state index in [4.69, 9.17) is 4.42 Å². The molecular weight excluding hydrogens is 352 g/mol. The van der Waals surface area contributed by atoms with Gasteiger partial charge >= 0.3 is 0 Å². The summed E-state index contributed by atoms with van der Waals surface area (Å²) in [6.07, 6.45) is 2.50. The van der Waals surface area contributed by atoms with Crippen molar-refractivity contribution in [3.63, 3.8) is 0 Å². The van der Waals surface area contributed by atoms with E-state index >= 15 is 0 Å². The van der Waals surface area contributed by atoms with Crippen LogP contribution in [0, 0.1) is 18.8 Å². The lowest BCUT2D eigenvalue weighted by Gasteiger charge is -2.34. The molecule has 7 heteroatoms. The van der Waals surface area contributed by atoms with Gasteiger partial charge in [0.25, 0.3) is 5.91 Å². The lowest BCUT2D eigenvalue weighted by atomic mass is 9.94. The molecule has 1 aliphatic heterocycles. The Bertz CT molecular complexity index is 877. The topological polar surface area (TPSA) is 79.6 Å². The second-order valence-corrected chi connectivity index (χ2v) is 9.07. The summed E-state index contributed by atoms with van der Waals surface area (Å²) in [6, 6.07) is 7.89. The number of carbonyl (C=O) groups is 1. The molecule has 0 aliphatic carbocycles. The third-order valence-electron chi connectivity index (χ3n) is 4.69. The van der Waals surface area contributed by atoms with Gasteiger partial charge in [0.1, 0.15) is 5.76 Å². The molecule has 1 N–H and O–H groups in total. The van der Waals surface area contributed by atoms with Crippen molar-refractivity contribution in [2.45, 2.75) is 32.1 Å². The SMILES string of the molecule is Cc1occc1C(=O)Nc1ccc(S(=O)(=O)N2C[C@H](C)C[C@@H](C)C2)cc1. The lowest BCUT2D eigenvalue weighted by Crippen LogP contribution is -2.42. The highest BCUT2D eigenvalue weighted by Gasteiger charge is 2.31. The lowest BCUT2D eigenvalue weighted by molar-refractivity contribution is 0.102. The van der Waals surface area contributed by atoms with Crippen molar-refractivity contribution in [3.8, 4) is 0 Å². The maximum atomic E-state index is 12.9. The fourth-order valence-corrected chi connectivity index (χ4v) is 5.16. The third-order valence-corrected chi connectivity index (χ3v) is 6.53. The second-order valence-electron chi connectivity index (χ2n) is 7.14. The summed E-state index contributed by atoms with van der Waals surface area (Å²) in [4.78, 5) is 12.4. The first-order valence-corrected chi connectivity index (χ1v) is 10.2. The maximum absolute atomic E-state index is 12.9. The van der Waals surface area contributed by atoms with Crippen LogP contribution in [-0.4, -0.2) is 31.7 Å². The van der Waals surface area contributed by atoms with Gasteiger partial charge in [0, 0.05) is 18.8 Å². The molecule has 0 spiro atoms. The van der Waals surface area contributed by atoms with Crippen LogP contribution in [0.2, 0.25) is 0 Å². The van der Waals surface area contributed by atoms with Gasteiger partial charge in [-0.2, -0.15) is 4.31 Å². The second kappa shape index (κ2) is 7.25. The predicted molar refractivity (Wildman–Crippen MR) is 99.5 cm³/mol. The van der Waals surface area contributed by atoms with Gasteiger partial charge in [-0.05, 0) is 55.5 Å². The summed E-state index contributed by atoms with van der Waals surface area (Å²) in [5.41, 5.74) is 0.993. The van der Waals surface area contributed by atoms with Crippen molar-refractivity contribution < 1.29 is 17.6 Å². The number of aryl methyl sites for hydroxylation is 1. The number of rotatable bonds is 4. The minimum absolute atomic E-state index is 0.247. The quantitative estimate of drug-likeness (QED) is 0.886. The predicted octanol–water partition coefficient (Wildman–Crippen LogP) is 3.51. The van der Waals surface area contributed by atoms with E-state index in [9.17, 15) is 13.2 Å². The van der Waals surface area contributed by atoms with Crippen molar-refractivity contribution in [1.82, 2.24) is 4.31 Å². The summed E-state index contributed by atoms with van der Waals surface area (Å²) in [5.74, 6) is 0.955. The Morgan fingerprint density at radius 3 is 2.27 bits per heavy atom. The van der Waals surface area contributed by atoms with Crippen molar-refractivity contribution in [2.75, 3.05) is 18.4 Å². The fraction of sp³-hybridized carbons (Fsp3) is 0.421. The number of carbonyl (C=O) groups excluding carboxylic acids is 1. The molecule has 26 heavy (non-hydrogen) atoms. The molecule has 6 nitrogen and oxygen atoms in total. The molecule has 2 atom stereocenters. The monoisotopic (exact) mass is 376 g/mol. The summed E-state index contributed by atoms with van der Waals surface area (Å²) in [7, 11) is -3.52. The molecule has 3 rings (SSSR count). The Balaban J connectivity index is 1.74. The Kier molecular flexibility index (Phi) is 5.20. The standard InChI is InChI=1S/C19H24N2O4S/c1-13-10-14(2)12-21(11-13)26(23,24)17-6-4-16(5-7-17)20-19(22)18-8-9-25-15(18)3/h4-9,13-14H,10-12H2,1-3H3,(H,20,22)/t13-,14-/m1/s1. The molecule has 2 aromatic rings. The average Bonchev–Trinajstić information content (AvgIpc) is 3.00. The van der Waals surface area contributed by atoms with Crippen LogP contribution < -0.4 is 5.32 Å². The van der Waals surface area contributed by atoms with E-state index in [1.165, 1.54) is 18.4 Å².